The Labute approximate surface area is 144 Å². The summed E-state index contributed by atoms with van der Waals surface area (Å²) < 4.78 is 0. The summed E-state index contributed by atoms with van der Waals surface area (Å²) in [5.41, 5.74) is -0.226. The molecule has 1 aromatic rings. The molecule has 7 nitrogen and oxygen atoms in total. The van der Waals surface area contributed by atoms with E-state index in [4.69, 9.17) is 0 Å². The maximum absolute atomic E-state index is 11.9. The monoisotopic (exact) mass is 332 g/mol. The van der Waals surface area contributed by atoms with Crippen molar-refractivity contribution in [3.63, 3.8) is 0 Å². The molecule has 0 unspecified atom stereocenters. The number of aliphatic imine (C=N–C) groups is 1. The molecule has 1 saturated heterocycles. The second kappa shape index (κ2) is 7.99. The molecule has 0 saturated carbocycles. The van der Waals surface area contributed by atoms with Crippen LogP contribution in [-0.4, -0.2) is 67.1 Å². The summed E-state index contributed by atoms with van der Waals surface area (Å²) in [6.07, 6.45) is 1.82. The number of aromatic nitrogens is 1. The number of amides is 1. The third-order valence-corrected chi connectivity index (χ3v) is 3.69. The summed E-state index contributed by atoms with van der Waals surface area (Å²) in [7, 11) is 1.75. The number of hydrogen-bond acceptors (Lipinski definition) is 4. The Balaban J connectivity index is 1.82. The molecule has 1 aliphatic rings. The molecule has 0 spiro atoms. The Hall–Kier alpha value is -2.31. The van der Waals surface area contributed by atoms with Gasteiger partial charge in [-0.15, -0.1) is 0 Å². The molecule has 132 valence electrons. The van der Waals surface area contributed by atoms with Crippen molar-refractivity contribution in [1.82, 2.24) is 20.5 Å². The van der Waals surface area contributed by atoms with Crippen molar-refractivity contribution in [2.75, 3.05) is 44.7 Å². The molecule has 0 aliphatic carbocycles. The average molecular weight is 332 g/mol. The number of anilines is 1. The molecular formula is C17H28N6O. The molecule has 1 aliphatic heterocycles. The third-order valence-electron chi connectivity index (χ3n) is 3.69. The van der Waals surface area contributed by atoms with Crippen molar-refractivity contribution in [3.8, 4) is 0 Å². The van der Waals surface area contributed by atoms with E-state index in [1.807, 2.05) is 45.2 Å². The van der Waals surface area contributed by atoms with Gasteiger partial charge in [-0.3, -0.25) is 9.79 Å². The van der Waals surface area contributed by atoms with Crippen LogP contribution in [0.25, 0.3) is 0 Å². The van der Waals surface area contributed by atoms with Crippen LogP contribution in [0.2, 0.25) is 0 Å². The van der Waals surface area contributed by atoms with Crippen molar-refractivity contribution in [3.05, 3.63) is 24.4 Å². The summed E-state index contributed by atoms with van der Waals surface area (Å²) in [5, 5.41) is 6.08. The van der Waals surface area contributed by atoms with Gasteiger partial charge in [0, 0.05) is 45.0 Å². The number of hydrogen-bond donors (Lipinski definition) is 2. The van der Waals surface area contributed by atoms with Crippen LogP contribution in [0.3, 0.4) is 0 Å². The van der Waals surface area contributed by atoms with E-state index in [-0.39, 0.29) is 18.0 Å². The minimum atomic E-state index is -0.226. The van der Waals surface area contributed by atoms with Crippen molar-refractivity contribution < 1.29 is 4.79 Å². The van der Waals surface area contributed by atoms with Gasteiger partial charge in [0.25, 0.3) is 0 Å². The van der Waals surface area contributed by atoms with Crippen LogP contribution in [0.1, 0.15) is 20.8 Å². The minimum Gasteiger partial charge on any atom is -0.353 e. The van der Waals surface area contributed by atoms with Crippen LogP contribution < -0.4 is 15.5 Å². The summed E-state index contributed by atoms with van der Waals surface area (Å²) >= 11 is 0. The van der Waals surface area contributed by atoms with Gasteiger partial charge < -0.3 is 20.4 Å². The number of rotatable bonds is 3. The van der Waals surface area contributed by atoms with Crippen LogP contribution in [-0.2, 0) is 4.79 Å². The van der Waals surface area contributed by atoms with Gasteiger partial charge in [-0.2, -0.15) is 0 Å². The number of piperazine rings is 1. The van der Waals surface area contributed by atoms with Crippen LogP contribution in [0.15, 0.2) is 29.4 Å². The van der Waals surface area contributed by atoms with Gasteiger partial charge in [0.15, 0.2) is 5.96 Å². The SMILES string of the molecule is CN=C(NCC(=O)NC(C)(C)C)N1CCN(c2ccccn2)CC1. The number of carbonyl (C=O) groups excluding carboxylic acids is 1. The molecule has 2 N–H and O–H groups in total. The topological polar surface area (TPSA) is 72.9 Å². The smallest absolute Gasteiger partial charge is 0.239 e. The fourth-order valence-corrected chi connectivity index (χ4v) is 2.64. The number of guanidine groups is 1. The van der Waals surface area contributed by atoms with E-state index in [0.29, 0.717) is 0 Å². The molecule has 2 heterocycles. The zero-order valence-electron chi connectivity index (χ0n) is 15.0. The Bertz CT molecular complexity index is 558. The van der Waals surface area contributed by atoms with E-state index in [0.717, 1.165) is 38.0 Å². The van der Waals surface area contributed by atoms with Gasteiger partial charge in [0.05, 0.1) is 6.54 Å². The zero-order chi connectivity index (χ0) is 17.6. The predicted octanol–water partition coefficient (Wildman–Crippen LogP) is 0.694. The largest absolute Gasteiger partial charge is 0.353 e. The van der Waals surface area contributed by atoms with E-state index >= 15 is 0 Å². The number of pyridine rings is 1. The highest BCUT2D eigenvalue weighted by Gasteiger charge is 2.21. The molecule has 2 rings (SSSR count). The standard InChI is InChI=1S/C17H28N6O/c1-17(2,3)21-15(24)13-20-16(18-4)23-11-9-22(10-12-23)14-7-5-6-8-19-14/h5-8H,9-13H2,1-4H3,(H,18,20)(H,21,24). The highest BCUT2D eigenvalue weighted by Crippen LogP contribution is 2.12. The molecule has 0 radical (unpaired) electrons. The molecule has 1 aromatic heterocycles. The first-order valence-electron chi connectivity index (χ1n) is 8.31. The average Bonchev–Trinajstić information content (AvgIpc) is 2.55. The van der Waals surface area contributed by atoms with E-state index in [2.05, 4.69) is 30.4 Å². The third kappa shape index (κ3) is 5.40. The van der Waals surface area contributed by atoms with Gasteiger partial charge in [-0.1, -0.05) is 6.07 Å². The first-order valence-corrected chi connectivity index (χ1v) is 8.31. The van der Waals surface area contributed by atoms with Gasteiger partial charge in [0.2, 0.25) is 5.91 Å². The normalized spacial score (nSPS) is 16.1. The second-order valence-corrected chi connectivity index (χ2v) is 6.86. The molecule has 1 fully saturated rings. The predicted molar refractivity (Wildman–Crippen MR) is 97.3 cm³/mol. The van der Waals surface area contributed by atoms with Crippen molar-refractivity contribution in [1.29, 1.82) is 0 Å². The van der Waals surface area contributed by atoms with Crippen molar-refractivity contribution in [2.45, 2.75) is 26.3 Å². The van der Waals surface area contributed by atoms with Gasteiger partial charge in [-0.05, 0) is 32.9 Å². The van der Waals surface area contributed by atoms with Gasteiger partial charge in [-0.25, -0.2) is 4.98 Å². The van der Waals surface area contributed by atoms with Crippen LogP contribution >= 0.6 is 0 Å². The Morgan fingerprint density at radius 2 is 1.96 bits per heavy atom. The Morgan fingerprint density at radius 3 is 2.50 bits per heavy atom. The maximum atomic E-state index is 11.9. The first-order chi connectivity index (χ1) is 11.4. The van der Waals surface area contributed by atoms with Gasteiger partial charge >= 0.3 is 0 Å². The van der Waals surface area contributed by atoms with Gasteiger partial charge in [0.1, 0.15) is 5.82 Å². The summed E-state index contributed by atoms with van der Waals surface area (Å²) in [6.45, 7) is 9.58. The Kier molecular flexibility index (Phi) is 6.00. The molecule has 0 aromatic carbocycles. The molecule has 7 heteroatoms. The fourth-order valence-electron chi connectivity index (χ4n) is 2.64. The molecule has 1 amide bonds. The maximum Gasteiger partial charge on any atom is 0.239 e. The highest BCUT2D eigenvalue weighted by molar-refractivity contribution is 5.86. The minimum absolute atomic E-state index is 0.0317. The number of carbonyl (C=O) groups is 1. The van der Waals surface area contributed by atoms with E-state index in [9.17, 15) is 4.79 Å². The molecule has 0 atom stereocenters. The van der Waals surface area contributed by atoms with E-state index in [1.165, 1.54) is 0 Å². The van der Waals surface area contributed by atoms with E-state index in [1.54, 1.807) is 7.05 Å². The summed E-state index contributed by atoms with van der Waals surface area (Å²) in [5.74, 6) is 1.74. The fraction of sp³-hybridized carbons (Fsp3) is 0.588. The van der Waals surface area contributed by atoms with Crippen LogP contribution in [0, 0.1) is 0 Å². The molecule has 0 bridgehead atoms. The second-order valence-electron chi connectivity index (χ2n) is 6.86. The Morgan fingerprint density at radius 1 is 1.25 bits per heavy atom. The molecular weight excluding hydrogens is 304 g/mol. The van der Waals surface area contributed by atoms with Crippen molar-refractivity contribution >= 4 is 17.7 Å². The van der Waals surface area contributed by atoms with Crippen LogP contribution in [0.5, 0.6) is 0 Å². The molecule has 24 heavy (non-hydrogen) atoms. The first kappa shape index (κ1) is 18.0. The lowest BCUT2D eigenvalue weighted by Gasteiger charge is -2.37. The quantitative estimate of drug-likeness (QED) is 0.629. The summed E-state index contributed by atoms with van der Waals surface area (Å²) in [6, 6.07) is 5.96. The zero-order valence-corrected chi connectivity index (χ0v) is 15.0. The van der Waals surface area contributed by atoms with E-state index < -0.39 is 0 Å². The number of nitrogens with zero attached hydrogens (tertiary/aromatic N) is 4. The lowest BCUT2D eigenvalue weighted by atomic mass is 10.1. The van der Waals surface area contributed by atoms with Crippen molar-refractivity contribution in [2.24, 2.45) is 4.99 Å². The summed E-state index contributed by atoms with van der Waals surface area (Å²) in [4.78, 5) is 25.1. The lowest BCUT2D eigenvalue weighted by molar-refractivity contribution is -0.121. The highest BCUT2D eigenvalue weighted by atomic mass is 16.2. The lowest BCUT2D eigenvalue weighted by Crippen LogP contribution is -2.54. The number of nitrogens with one attached hydrogen (secondary N) is 2. The van der Waals surface area contributed by atoms with Crippen LogP contribution in [0.4, 0.5) is 5.82 Å².